The highest BCUT2D eigenvalue weighted by Crippen LogP contribution is 2.17. The quantitative estimate of drug-likeness (QED) is 0.769. The van der Waals surface area contributed by atoms with Gasteiger partial charge in [-0.15, -0.1) is 0 Å². The predicted molar refractivity (Wildman–Crippen MR) is 74.7 cm³/mol. The normalized spacial score (nSPS) is 11.7. The number of carbonyl (C=O) groups is 2. The lowest BCUT2D eigenvalue weighted by Gasteiger charge is -2.15. The van der Waals surface area contributed by atoms with Crippen LogP contribution in [0.15, 0.2) is 30.3 Å². The summed E-state index contributed by atoms with van der Waals surface area (Å²) in [5, 5.41) is 2.88. The molecule has 1 aromatic rings. The van der Waals surface area contributed by atoms with Crippen molar-refractivity contribution in [2.24, 2.45) is 5.92 Å². The first-order valence-electron chi connectivity index (χ1n) is 6.60. The fraction of sp³-hybridized carbons (Fsp3) is 0.467. The maximum atomic E-state index is 12.1. The van der Waals surface area contributed by atoms with Crippen LogP contribution in [0.4, 0.5) is 5.69 Å². The Kier molecular flexibility index (Phi) is 6.64. The molecular formula is C15H21NO3. The van der Waals surface area contributed by atoms with Crippen LogP contribution in [-0.2, 0) is 14.3 Å². The zero-order valence-corrected chi connectivity index (χ0v) is 11.5. The average Bonchev–Trinajstić information content (AvgIpc) is 2.44. The molecule has 4 heteroatoms. The van der Waals surface area contributed by atoms with E-state index >= 15 is 0 Å². The highest BCUT2D eigenvalue weighted by molar-refractivity contribution is 5.92. The molecule has 104 valence electrons. The average molecular weight is 263 g/mol. The topological polar surface area (TPSA) is 55.4 Å². The fourth-order valence-electron chi connectivity index (χ4n) is 1.91. The van der Waals surface area contributed by atoms with E-state index in [1.54, 1.807) is 0 Å². The van der Waals surface area contributed by atoms with Gasteiger partial charge in [-0.1, -0.05) is 31.5 Å². The predicted octanol–water partition coefficient (Wildman–Crippen LogP) is 2.99. The number of ether oxygens (including phenoxy) is 1. The number of amides is 1. The number of methoxy groups -OCH3 is 1. The van der Waals surface area contributed by atoms with Gasteiger partial charge in [0.15, 0.2) is 0 Å². The first-order chi connectivity index (χ1) is 9.17. The summed E-state index contributed by atoms with van der Waals surface area (Å²) in [4.78, 5) is 23.3. The molecule has 0 heterocycles. The van der Waals surface area contributed by atoms with Crippen molar-refractivity contribution in [3.05, 3.63) is 30.3 Å². The van der Waals surface area contributed by atoms with Gasteiger partial charge in [0.1, 0.15) is 0 Å². The van der Waals surface area contributed by atoms with E-state index in [-0.39, 0.29) is 24.2 Å². The maximum absolute atomic E-state index is 12.1. The van der Waals surface area contributed by atoms with E-state index in [4.69, 9.17) is 0 Å². The third kappa shape index (κ3) is 5.55. The molecule has 4 nitrogen and oxygen atoms in total. The monoisotopic (exact) mass is 263 g/mol. The zero-order valence-electron chi connectivity index (χ0n) is 11.5. The number of hydrogen-bond acceptors (Lipinski definition) is 3. The van der Waals surface area contributed by atoms with Gasteiger partial charge in [0.05, 0.1) is 7.11 Å². The van der Waals surface area contributed by atoms with Crippen LogP contribution in [0, 0.1) is 5.92 Å². The number of esters is 1. The van der Waals surface area contributed by atoms with E-state index in [0.717, 1.165) is 18.5 Å². The Morgan fingerprint density at radius 3 is 2.47 bits per heavy atom. The van der Waals surface area contributed by atoms with Gasteiger partial charge in [-0.25, -0.2) is 0 Å². The summed E-state index contributed by atoms with van der Waals surface area (Å²) in [6, 6.07) is 9.34. The molecule has 1 rings (SSSR count). The Morgan fingerprint density at radius 1 is 1.21 bits per heavy atom. The molecule has 0 aliphatic rings. The molecule has 0 aromatic heterocycles. The summed E-state index contributed by atoms with van der Waals surface area (Å²) in [6.07, 6.45) is 2.49. The molecule has 1 N–H and O–H groups in total. The van der Waals surface area contributed by atoms with Crippen LogP contribution in [0.5, 0.6) is 0 Å². The van der Waals surface area contributed by atoms with Crippen molar-refractivity contribution in [2.45, 2.75) is 32.6 Å². The number of benzene rings is 1. The maximum Gasteiger partial charge on any atom is 0.305 e. The van der Waals surface area contributed by atoms with Crippen molar-refractivity contribution < 1.29 is 14.3 Å². The van der Waals surface area contributed by atoms with Crippen LogP contribution < -0.4 is 5.32 Å². The Hall–Kier alpha value is -1.84. The first kappa shape index (κ1) is 15.2. The first-order valence-corrected chi connectivity index (χ1v) is 6.60. The highest BCUT2D eigenvalue weighted by Gasteiger charge is 2.19. The van der Waals surface area contributed by atoms with E-state index in [0.29, 0.717) is 6.42 Å². The van der Waals surface area contributed by atoms with Gasteiger partial charge < -0.3 is 10.1 Å². The van der Waals surface area contributed by atoms with Crippen molar-refractivity contribution in [3.8, 4) is 0 Å². The standard InChI is InChI=1S/C15H21NO3/c1-3-7-12(10-11-14(17)19-2)15(18)16-13-8-5-4-6-9-13/h4-6,8-9,12H,3,7,10-11H2,1-2H3,(H,16,18). The molecule has 0 saturated carbocycles. The largest absolute Gasteiger partial charge is 0.469 e. The van der Waals surface area contributed by atoms with E-state index < -0.39 is 0 Å². The molecule has 0 fully saturated rings. The molecule has 1 unspecified atom stereocenters. The lowest BCUT2D eigenvalue weighted by molar-refractivity contribution is -0.141. The molecular weight excluding hydrogens is 242 g/mol. The number of rotatable bonds is 7. The number of anilines is 1. The number of carbonyl (C=O) groups excluding carboxylic acids is 2. The molecule has 1 atom stereocenters. The summed E-state index contributed by atoms with van der Waals surface area (Å²) in [7, 11) is 1.36. The van der Waals surface area contributed by atoms with Crippen LogP contribution in [0.3, 0.4) is 0 Å². The number of hydrogen-bond donors (Lipinski definition) is 1. The molecule has 1 amide bonds. The Balaban J connectivity index is 2.55. The van der Waals surface area contributed by atoms with Crippen LogP contribution >= 0.6 is 0 Å². The van der Waals surface area contributed by atoms with Gasteiger partial charge in [0.25, 0.3) is 0 Å². The number of nitrogens with one attached hydrogen (secondary N) is 1. The van der Waals surface area contributed by atoms with Gasteiger partial charge in [-0.05, 0) is 25.0 Å². The molecule has 0 spiro atoms. The Bertz CT molecular complexity index is 403. The van der Waals surface area contributed by atoms with Crippen molar-refractivity contribution in [1.29, 1.82) is 0 Å². The molecule has 0 aliphatic carbocycles. The van der Waals surface area contributed by atoms with E-state index in [1.165, 1.54) is 7.11 Å². The van der Waals surface area contributed by atoms with E-state index in [2.05, 4.69) is 10.1 Å². The van der Waals surface area contributed by atoms with E-state index in [9.17, 15) is 9.59 Å². The molecule has 0 saturated heterocycles. The molecule has 0 radical (unpaired) electrons. The van der Waals surface area contributed by atoms with Crippen molar-refractivity contribution in [1.82, 2.24) is 0 Å². The van der Waals surface area contributed by atoms with Crippen molar-refractivity contribution in [3.63, 3.8) is 0 Å². The highest BCUT2D eigenvalue weighted by atomic mass is 16.5. The minimum atomic E-state index is -0.270. The second-order valence-corrected chi connectivity index (χ2v) is 4.46. The third-order valence-corrected chi connectivity index (χ3v) is 2.97. The van der Waals surface area contributed by atoms with Crippen LogP contribution in [0.1, 0.15) is 32.6 Å². The molecule has 1 aromatic carbocycles. The Morgan fingerprint density at radius 2 is 1.89 bits per heavy atom. The SMILES string of the molecule is CCCC(CCC(=O)OC)C(=O)Nc1ccccc1. The van der Waals surface area contributed by atoms with Gasteiger partial charge in [-0.3, -0.25) is 9.59 Å². The lowest BCUT2D eigenvalue weighted by Crippen LogP contribution is -2.23. The molecule has 0 bridgehead atoms. The minimum Gasteiger partial charge on any atom is -0.469 e. The van der Waals surface area contributed by atoms with Gasteiger partial charge >= 0.3 is 5.97 Å². The molecule has 19 heavy (non-hydrogen) atoms. The van der Waals surface area contributed by atoms with E-state index in [1.807, 2.05) is 37.3 Å². The smallest absolute Gasteiger partial charge is 0.305 e. The van der Waals surface area contributed by atoms with Crippen molar-refractivity contribution in [2.75, 3.05) is 12.4 Å². The van der Waals surface area contributed by atoms with Crippen LogP contribution in [0.25, 0.3) is 0 Å². The van der Waals surface area contributed by atoms with Crippen LogP contribution in [0.2, 0.25) is 0 Å². The molecule has 0 aliphatic heterocycles. The van der Waals surface area contributed by atoms with Crippen molar-refractivity contribution >= 4 is 17.6 Å². The summed E-state index contributed by atoms with van der Waals surface area (Å²) >= 11 is 0. The summed E-state index contributed by atoms with van der Waals surface area (Å²) in [6.45, 7) is 2.03. The summed E-state index contributed by atoms with van der Waals surface area (Å²) in [5.74, 6) is -0.449. The summed E-state index contributed by atoms with van der Waals surface area (Å²) < 4.78 is 4.61. The van der Waals surface area contributed by atoms with Gasteiger partial charge in [0.2, 0.25) is 5.91 Å². The lowest BCUT2D eigenvalue weighted by atomic mass is 9.97. The Labute approximate surface area is 114 Å². The number of para-hydroxylation sites is 1. The second-order valence-electron chi connectivity index (χ2n) is 4.46. The van der Waals surface area contributed by atoms with Crippen LogP contribution in [-0.4, -0.2) is 19.0 Å². The van der Waals surface area contributed by atoms with Gasteiger partial charge in [0, 0.05) is 18.0 Å². The summed E-state index contributed by atoms with van der Waals surface area (Å²) in [5.41, 5.74) is 0.784. The third-order valence-electron chi connectivity index (χ3n) is 2.97. The second kappa shape index (κ2) is 8.29. The zero-order chi connectivity index (χ0) is 14.1. The van der Waals surface area contributed by atoms with Gasteiger partial charge in [-0.2, -0.15) is 0 Å². The minimum absolute atomic E-state index is 0.0306. The fourth-order valence-corrected chi connectivity index (χ4v) is 1.91.